The number of hydrogen-bond donors (Lipinski definition) is 1. The first-order valence-corrected chi connectivity index (χ1v) is 8.58. The number of halogens is 1. The first-order valence-electron chi connectivity index (χ1n) is 6.47. The lowest BCUT2D eigenvalue weighted by Gasteiger charge is -2.05. The van der Waals surface area contributed by atoms with E-state index in [1.807, 2.05) is 0 Å². The molecule has 1 rings (SSSR count). The Labute approximate surface area is 125 Å². The molecular weight excluding hydrogens is 328 g/mol. The summed E-state index contributed by atoms with van der Waals surface area (Å²) < 4.78 is 12.6. The van der Waals surface area contributed by atoms with Gasteiger partial charge in [0.05, 0.1) is 16.4 Å². The first kappa shape index (κ1) is 16.4. The summed E-state index contributed by atoms with van der Waals surface area (Å²) in [5.74, 6) is -0.404. The topological polar surface area (TPSA) is 54.4 Å². The number of carbonyl (C=O) groups is 1. The Kier molecular flexibility index (Phi) is 7.31. The van der Waals surface area contributed by atoms with E-state index in [1.54, 1.807) is 12.1 Å². The first-order chi connectivity index (χ1) is 9.06. The second-order valence-electron chi connectivity index (χ2n) is 4.41. The molecule has 0 saturated heterocycles. The Balaban J connectivity index is 2.57. The van der Waals surface area contributed by atoms with Crippen molar-refractivity contribution < 1.29 is 14.1 Å². The highest BCUT2D eigenvalue weighted by atomic mass is 79.9. The quantitative estimate of drug-likeness (QED) is 0.716. The minimum atomic E-state index is -1.11. The molecule has 0 heterocycles. The van der Waals surface area contributed by atoms with Crippen LogP contribution in [0.15, 0.2) is 27.6 Å². The van der Waals surface area contributed by atoms with E-state index in [4.69, 9.17) is 5.11 Å². The maximum absolute atomic E-state index is 12.1. The van der Waals surface area contributed by atoms with Gasteiger partial charge in [-0.2, -0.15) is 0 Å². The minimum Gasteiger partial charge on any atom is -0.478 e. The van der Waals surface area contributed by atoms with Gasteiger partial charge in [-0.3, -0.25) is 4.21 Å². The average molecular weight is 347 g/mol. The molecule has 0 fully saturated rings. The van der Waals surface area contributed by atoms with E-state index in [0.29, 0.717) is 15.1 Å². The Morgan fingerprint density at radius 1 is 1.26 bits per heavy atom. The summed E-state index contributed by atoms with van der Waals surface area (Å²) in [6.07, 6.45) is 5.59. The summed E-state index contributed by atoms with van der Waals surface area (Å²) >= 11 is 3.18. The van der Waals surface area contributed by atoms with Gasteiger partial charge in [0.1, 0.15) is 0 Å². The van der Waals surface area contributed by atoms with Crippen LogP contribution in [0, 0.1) is 0 Å². The van der Waals surface area contributed by atoms with E-state index in [0.717, 1.165) is 12.8 Å². The average Bonchev–Trinajstić information content (AvgIpc) is 2.38. The molecule has 0 bridgehead atoms. The maximum atomic E-state index is 12.1. The number of unbranched alkanes of at least 4 members (excludes halogenated alkanes) is 4. The van der Waals surface area contributed by atoms with E-state index < -0.39 is 16.8 Å². The third kappa shape index (κ3) is 5.45. The molecule has 0 aliphatic carbocycles. The lowest BCUT2D eigenvalue weighted by atomic mass is 10.2. The molecule has 0 amide bonds. The van der Waals surface area contributed by atoms with Crippen molar-refractivity contribution in [3.63, 3.8) is 0 Å². The zero-order valence-electron chi connectivity index (χ0n) is 11.0. The number of carboxylic acid groups (broad SMARTS) is 1. The van der Waals surface area contributed by atoms with Gasteiger partial charge in [0.15, 0.2) is 0 Å². The second-order valence-corrected chi connectivity index (χ2v) is 6.84. The van der Waals surface area contributed by atoms with E-state index in [1.165, 1.54) is 25.3 Å². The van der Waals surface area contributed by atoms with Gasteiger partial charge in [0.2, 0.25) is 0 Å². The van der Waals surface area contributed by atoms with E-state index in [2.05, 4.69) is 22.9 Å². The van der Waals surface area contributed by atoms with E-state index in [-0.39, 0.29) is 5.56 Å². The SMILES string of the molecule is CCCCCCCS(=O)c1ccc(Br)c(C(=O)O)c1. The number of aromatic carboxylic acids is 1. The molecule has 5 heteroatoms. The van der Waals surface area contributed by atoms with Gasteiger partial charge in [0, 0.05) is 15.1 Å². The lowest BCUT2D eigenvalue weighted by Crippen LogP contribution is -2.03. The largest absolute Gasteiger partial charge is 0.478 e. The third-order valence-electron chi connectivity index (χ3n) is 2.86. The molecule has 1 N–H and O–H groups in total. The van der Waals surface area contributed by atoms with Crippen LogP contribution in [0.3, 0.4) is 0 Å². The molecule has 0 aromatic heterocycles. The number of hydrogen-bond acceptors (Lipinski definition) is 2. The molecule has 1 atom stereocenters. The van der Waals surface area contributed by atoms with Crippen molar-refractivity contribution in [3.8, 4) is 0 Å². The van der Waals surface area contributed by atoms with Crippen molar-refractivity contribution >= 4 is 32.7 Å². The monoisotopic (exact) mass is 346 g/mol. The summed E-state index contributed by atoms with van der Waals surface area (Å²) in [7, 11) is -1.11. The van der Waals surface area contributed by atoms with Crippen molar-refractivity contribution in [1.82, 2.24) is 0 Å². The zero-order valence-corrected chi connectivity index (χ0v) is 13.4. The molecular formula is C14H19BrO3S. The summed E-state index contributed by atoms with van der Waals surface area (Å²) in [4.78, 5) is 11.6. The highest BCUT2D eigenvalue weighted by Crippen LogP contribution is 2.21. The molecule has 1 aromatic carbocycles. The fourth-order valence-electron chi connectivity index (χ4n) is 1.76. The Bertz CT molecular complexity index is 460. The van der Waals surface area contributed by atoms with Crippen LogP contribution < -0.4 is 0 Å². The molecule has 106 valence electrons. The number of benzene rings is 1. The van der Waals surface area contributed by atoms with Crippen molar-refractivity contribution in [3.05, 3.63) is 28.2 Å². The third-order valence-corrected chi connectivity index (χ3v) is 5.00. The Hall–Kier alpha value is -0.680. The van der Waals surface area contributed by atoms with Crippen LogP contribution in [0.25, 0.3) is 0 Å². The van der Waals surface area contributed by atoms with Crippen LogP contribution in [0.1, 0.15) is 49.4 Å². The number of carboxylic acids is 1. The summed E-state index contributed by atoms with van der Waals surface area (Å²) in [5.41, 5.74) is 0.164. The molecule has 3 nitrogen and oxygen atoms in total. The predicted molar refractivity (Wildman–Crippen MR) is 81.1 cm³/mol. The van der Waals surface area contributed by atoms with Gasteiger partial charge < -0.3 is 5.11 Å². The summed E-state index contributed by atoms with van der Waals surface area (Å²) in [6, 6.07) is 4.86. The van der Waals surface area contributed by atoms with Crippen LogP contribution in [-0.4, -0.2) is 21.0 Å². The molecule has 0 radical (unpaired) electrons. The molecule has 19 heavy (non-hydrogen) atoms. The van der Waals surface area contributed by atoms with Crippen molar-refractivity contribution in [2.75, 3.05) is 5.75 Å². The fourth-order valence-corrected chi connectivity index (χ4v) is 3.35. The summed E-state index contributed by atoms with van der Waals surface area (Å²) in [5, 5.41) is 9.02. The molecule has 0 aliphatic heterocycles. The second kappa shape index (κ2) is 8.48. The highest BCUT2D eigenvalue weighted by Gasteiger charge is 2.12. The van der Waals surface area contributed by atoms with Crippen LogP contribution in [0.4, 0.5) is 0 Å². The van der Waals surface area contributed by atoms with Crippen LogP contribution in [0.5, 0.6) is 0 Å². The standard InChI is InChI=1S/C14H19BrO3S/c1-2-3-4-5-6-9-19(18)11-7-8-13(15)12(10-11)14(16)17/h7-8,10H,2-6,9H2,1H3,(H,16,17). The Morgan fingerprint density at radius 2 is 1.95 bits per heavy atom. The van der Waals surface area contributed by atoms with Crippen LogP contribution in [-0.2, 0) is 10.8 Å². The zero-order chi connectivity index (χ0) is 14.3. The number of rotatable bonds is 8. The molecule has 0 saturated carbocycles. The molecule has 0 aliphatic rings. The Morgan fingerprint density at radius 3 is 2.58 bits per heavy atom. The van der Waals surface area contributed by atoms with Crippen molar-refractivity contribution in [2.45, 2.75) is 43.9 Å². The minimum absolute atomic E-state index is 0.164. The molecule has 0 spiro atoms. The van der Waals surface area contributed by atoms with Crippen LogP contribution in [0.2, 0.25) is 0 Å². The van der Waals surface area contributed by atoms with E-state index >= 15 is 0 Å². The van der Waals surface area contributed by atoms with Crippen LogP contribution >= 0.6 is 15.9 Å². The predicted octanol–water partition coefficient (Wildman–Crippen LogP) is 4.23. The van der Waals surface area contributed by atoms with Gasteiger partial charge in [-0.15, -0.1) is 0 Å². The van der Waals surface area contributed by atoms with Gasteiger partial charge in [-0.1, -0.05) is 32.6 Å². The van der Waals surface area contributed by atoms with Gasteiger partial charge in [0.25, 0.3) is 0 Å². The van der Waals surface area contributed by atoms with Crippen molar-refractivity contribution in [2.24, 2.45) is 0 Å². The lowest BCUT2D eigenvalue weighted by molar-refractivity contribution is 0.0695. The van der Waals surface area contributed by atoms with Gasteiger partial charge in [-0.05, 0) is 40.5 Å². The van der Waals surface area contributed by atoms with Gasteiger partial charge in [-0.25, -0.2) is 4.79 Å². The van der Waals surface area contributed by atoms with E-state index in [9.17, 15) is 9.00 Å². The molecule has 1 aromatic rings. The van der Waals surface area contributed by atoms with Crippen molar-refractivity contribution in [1.29, 1.82) is 0 Å². The fraction of sp³-hybridized carbons (Fsp3) is 0.500. The highest BCUT2D eigenvalue weighted by molar-refractivity contribution is 9.10. The maximum Gasteiger partial charge on any atom is 0.336 e. The molecule has 1 unspecified atom stereocenters. The van der Waals surface area contributed by atoms with Gasteiger partial charge >= 0.3 is 5.97 Å². The normalized spacial score (nSPS) is 12.3. The summed E-state index contributed by atoms with van der Waals surface area (Å²) in [6.45, 7) is 2.16. The smallest absolute Gasteiger partial charge is 0.336 e.